The summed E-state index contributed by atoms with van der Waals surface area (Å²) in [6.07, 6.45) is 0. The van der Waals surface area contributed by atoms with E-state index in [4.69, 9.17) is 4.74 Å². The summed E-state index contributed by atoms with van der Waals surface area (Å²) in [5.41, 5.74) is 6.05. The van der Waals surface area contributed by atoms with E-state index >= 15 is 0 Å². The van der Waals surface area contributed by atoms with E-state index in [2.05, 4.69) is 109 Å². The van der Waals surface area contributed by atoms with Crippen LogP contribution in [0.2, 0.25) is 0 Å². The van der Waals surface area contributed by atoms with Crippen LogP contribution in [0.25, 0.3) is 5.57 Å². The average Bonchev–Trinajstić information content (AvgIpc) is 2.84. The van der Waals surface area contributed by atoms with Crippen LogP contribution >= 0.6 is 23.5 Å². The molecule has 0 bridgehead atoms. The van der Waals surface area contributed by atoms with Crippen LogP contribution in [0.4, 0.5) is 0 Å². The molecule has 1 aromatic rings. The summed E-state index contributed by atoms with van der Waals surface area (Å²) in [5, 5.41) is 0. The van der Waals surface area contributed by atoms with Crippen molar-refractivity contribution in [3.63, 3.8) is 0 Å². The third-order valence-electron chi connectivity index (χ3n) is 9.25. The van der Waals surface area contributed by atoms with Gasteiger partial charge in [0.1, 0.15) is 0 Å². The molecule has 2 spiro atoms. The fourth-order valence-electron chi connectivity index (χ4n) is 8.49. The van der Waals surface area contributed by atoms with E-state index in [1.165, 1.54) is 11.1 Å². The van der Waals surface area contributed by atoms with Gasteiger partial charge in [0.25, 0.3) is 0 Å². The lowest BCUT2D eigenvalue weighted by atomic mass is 9.20. The van der Waals surface area contributed by atoms with Crippen molar-refractivity contribution in [2.24, 2.45) is 32.5 Å². The molecule has 2 aliphatic carbocycles. The van der Waals surface area contributed by atoms with Gasteiger partial charge < -0.3 is 4.74 Å². The van der Waals surface area contributed by atoms with Crippen LogP contribution in [-0.2, 0) is 9.53 Å². The number of carbonyl (C=O) groups excluding carboxylic acids is 1. The fourth-order valence-corrected chi connectivity index (χ4v) is 11.5. The number of thioether (sulfide) groups is 2. The predicted octanol–water partition coefficient (Wildman–Crippen LogP) is 7.51. The molecule has 1 aromatic carbocycles. The largest absolute Gasteiger partial charge is 0.466 e. The number of ether oxygens (including phenoxy) is 1. The molecular formula is C30H40O2S2. The van der Waals surface area contributed by atoms with Gasteiger partial charge in [0.2, 0.25) is 0 Å². The van der Waals surface area contributed by atoms with Crippen molar-refractivity contribution in [3.8, 4) is 0 Å². The molecule has 4 aliphatic rings. The molecule has 0 amide bonds. The van der Waals surface area contributed by atoms with E-state index < -0.39 is 0 Å². The molecule has 5 rings (SSSR count). The number of methoxy groups -OCH3 is 1. The minimum Gasteiger partial charge on any atom is -0.466 e. The molecular weight excluding hydrogens is 456 g/mol. The Hall–Kier alpha value is -1.13. The van der Waals surface area contributed by atoms with Crippen LogP contribution in [0.15, 0.2) is 47.1 Å². The van der Waals surface area contributed by atoms with Crippen LogP contribution < -0.4 is 0 Å². The van der Waals surface area contributed by atoms with E-state index in [0.29, 0.717) is 0 Å². The van der Waals surface area contributed by atoms with Crippen molar-refractivity contribution in [1.29, 1.82) is 0 Å². The van der Waals surface area contributed by atoms with Gasteiger partial charge in [-0.25, -0.2) is 4.79 Å². The molecule has 2 nitrogen and oxygen atoms in total. The maximum Gasteiger partial charge on any atom is 0.335 e. The third kappa shape index (κ3) is 2.55. The van der Waals surface area contributed by atoms with E-state index in [1.54, 1.807) is 18.3 Å². The Bertz CT molecular complexity index is 1120. The number of esters is 1. The van der Waals surface area contributed by atoms with Gasteiger partial charge in [-0.1, -0.05) is 96.9 Å². The number of allylic oxidation sites excluding steroid dienone is 3. The zero-order chi connectivity index (χ0) is 24.9. The quantitative estimate of drug-likeness (QED) is 0.313. The molecule has 0 radical (unpaired) electrons. The molecule has 0 N–H and O–H groups in total. The number of hydrogen-bond donors (Lipinski definition) is 0. The summed E-state index contributed by atoms with van der Waals surface area (Å²) in [6.45, 7) is 19.5. The van der Waals surface area contributed by atoms with E-state index in [1.807, 2.05) is 0 Å². The highest BCUT2D eigenvalue weighted by molar-refractivity contribution is 7.99. The van der Waals surface area contributed by atoms with Crippen molar-refractivity contribution in [1.82, 2.24) is 0 Å². The second-order valence-electron chi connectivity index (χ2n) is 13.4. The first-order chi connectivity index (χ1) is 15.7. The molecule has 0 unspecified atom stereocenters. The topological polar surface area (TPSA) is 26.3 Å². The molecule has 0 aromatic heterocycles. The van der Waals surface area contributed by atoms with Gasteiger partial charge in [-0.05, 0) is 44.3 Å². The Morgan fingerprint density at radius 3 is 1.71 bits per heavy atom. The van der Waals surface area contributed by atoms with Crippen molar-refractivity contribution in [2.75, 3.05) is 30.1 Å². The number of rotatable bonds is 2. The van der Waals surface area contributed by atoms with Gasteiger partial charge in [0.15, 0.2) is 0 Å². The minimum absolute atomic E-state index is 0.00464. The molecule has 184 valence electrons. The van der Waals surface area contributed by atoms with Crippen molar-refractivity contribution < 1.29 is 9.53 Å². The first-order valence-electron chi connectivity index (χ1n) is 12.5. The average molecular weight is 497 g/mol. The maximum absolute atomic E-state index is 13.8. The highest BCUT2D eigenvalue weighted by Crippen LogP contribution is 2.92. The summed E-state index contributed by atoms with van der Waals surface area (Å²) in [6, 6.07) is 10.7. The van der Waals surface area contributed by atoms with Gasteiger partial charge in [-0.2, -0.15) is 23.5 Å². The SMILES string of the molecule is COC(=O)C1=C(c2ccccc2)[C@]23C(=C4C(C)(C)CSCC(C)(C)[C@]142)C(C)(C)CSCC3(C)C. The standard InChI is InChI=1S/C30H40O2S2/c1-25(2)15-33-17-27(5,6)29-20(19-13-11-10-12-14-19)21(24(31)32-9)30(29)23(22(25)29)26(3,4)16-34-18-28(30,7)8/h10-14H,15-18H2,1-9H3/t29-,30+/m1/s1. The Morgan fingerprint density at radius 1 is 0.735 bits per heavy atom. The lowest BCUT2D eigenvalue weighted by molar-refractivity contribution is -0.148. The molecule has 4 heteroatoms. The Labute approximate surface area is 214 Å². The Morgan fingerprint density at radius 2 is 1.21 bits per heavy atom. The second-order valence-corrected chi connectivity index (χ2v) is 15.3. The summed E-state index contributed by atoms with van der Waals surface area (Å²) in [5.74, 6) is 4.20. The molecule has 2 saturated heterocycles. The lowest BCUT2D eigenvalue weighted by Gasteiger charge is -2.81. The highest BCUT2D eigenvalue weighted by atomic mass is 32.2. The monoisotopic (exact) mass is 496 g/mol. The summed E-state index contributed by atoms with van der Waals surface area (Å²) in [7, 11) is 1.56. The summed E-state index contributed by atoms with van der Waals surface area (Å²) >= 11 is 4.16. The van der Waals surface area contributed by atoms with Crippen molar-refractivity contribution in [2.45, 2.75) is 55.4 Å². The number of carbonyl (C=O) groups is 1. The first kappa shape index (κ1) is 24.6. The smallest absolute Gasteiger partial charge is 0.335 e. The highest BCUT2D eigenvalue weighted by Gasteiger charge is 2.86. The molecule has 2 atom stereocenters. The first-order valence-corrected chi connectivity index (χ1v) is 14.9. The van der Waals surface area contributed by atoms with Crippen LogP contribution in [0, 0.1) is 32.5 Å². The molecule has 2 aliphatic heterocycles. The lowest BCUT2D eigenvalue weighted by Crippen LogP contribution is -2.77. The normalized spacial score (nSPS) is 34.4. The van der Waals surface area contributed by atoms with Crippen molar-refractivity contribution >= 4 is 35.1 Å². The van der Waals surface area contributed by atoms with Crippen LogP contribution in [0.1, 0.15) is 61.0 Å². The van der Waals surface area contributed by atoms with Gasteiger partial charge in [-0.3, -0.25) is 0 Å². The zero-order valence-corrected chi connectivity index (χ0v) is 24.0. The minimum atomic E-state index is -0.313. The van der Waals surface area contributed by atoms with Gasteiger partial charge in [-0.15, -0.1) is 0 Å². The van der Waals surface area contributed by atoms with Gasteiger partial charge in [0.05, 0.1) is 12.7 Å². The van der Waals surface area contributed by atoms with Crippen LogP contribution in [0.3, 0.4) is 0 Å². The van der Waals surface area contributed by atoms with Gasteiger partial charge in [0, 0.05) is 22.3 Å². The third-order valence-corrected chi connectivity index (χ3v) is 13.0. The molecule has 34 heavy (non-hydrogen) atoms. The maximum atomic E-state index is 13.8. The van der Waals surface area contributed by atoms with E-state index in [0.717, 1.165) is 28.6 Å². The number of hydrogen-bond acceptors (Lipinski definition) is 4. The molecule has 2 fully saturated rings. The van der Waals surface area contributed by atoms with E-state index in [9.17, 15) is 4.79 Å². The van der Waals surface area contributed by atoms with E-state index in [-0.39, 0.29) is 38.5 Å². The molecule has 0 saturated carbocycles. The number of benzene rings is 1. The zero-order valence-electron chi connectivity index (χ0n) is 22.3. The Balaban J connectivity index is 2.02. The van der Waals surface area contributed by atoms with Gasteiger partial charge >= 0.3 is 5.97 Å². The second kappa shape index (κ2) is 7.22. The van der Waals surface area contributed by atoms with Crippen LogP contribution in [0.5, 0.6) is 0 Å². The summed E-state index contributed by atoms with van der Waals surface area (Å²) < 4.78 is 5.60. The Kier molecular flexibility index (Phi) is 5.21. The predicted molar refractivity (Wildman–Crippen MR) is 147 cm³/mol. The molecule has 2 heterocycles. The van der Waals surface area contributed by atoms with Crippen LogP contribution in [-0.4, -0.2) is 36.1 Å². The summed E-state index contributed by atoms with van der Waals surface area (Å²) in [4.78, 5) is 13.8. The fraction of sp³-hybridized carbons (Fsp3) is 0.633. The van der Waals surface area contributed by atoms with Crippen molar-refractivity contribution in [3.05, 3.63) is 52.6 Å².